The first-order chi connectivity index (χ1) is 6.17. The van der Waals surface area contributed by atoms with E-state index in [9.17, 15) is 9.59 Å². The van der Waals surface area contributed by atoms with Crippen LogP contribution < -0.4 is 5.32 Å². The number of hydrogen-bond donors (Lipinski definition) is 1. The maximum absolute atomic E-state index is 11.0. The summed E-state index contributed by atoms with van der Waals surface area (Å²) in [5.41, 5.74) is -0.399. The molecule has 1 N–H and O–H groups in total. The van der Waals surface area contributed by atoms with Crippen LogP contribution in [-0.2, 0) is 14.3 Å². The van der Waals surface area contributed by atoms with Crippen molar-refractivity contribution in [1.82, 2.24) is 5.32 Å². The lowest BCUT2D eigenvalue weighted by Gasteiger charge is -2.25. The first-order valence-electron chi connectivity index (χ1n) is 4.58. The number of Topliss-reactive ketones (excluding diaryl/α,β-unsaturated/α-hetero) is 1. The molecule has 13 heavy (non-hydrogen) atoms. The third-order valence-corrected chi connectivity index (χ3v) is 2.57. The normalized spacial score (nSPS) is 25.8. The average molecular weight is 185 g/mol. The highest BCUT2D eigenvalue weighted by molar-refractivity contribution is 6.27. The minimum atomic E-state index is -0.447. The van der Waals surface area contributed by atoms with E-state index in [1.165, 1.54) is 0 Å². The molecule has 0 aromatic carbocycles. The number of ether oxygens (including phenoxy) is 1. The van der Waals surface area contributed by atoms with Gasteiger partial charge >= 0.3 is 0 Å². The third kappa shape index (κ3) is 1.95. The zero-order valence-electron chi connectivity index (χ0n) is 8.00. The van der Waals surface area contributed by atoms with E-state index in [-0.39, 0.29) is 0 Å². The summed E-state index contributed by atoms with van der Waals surface area (Å²) in [5.74, 6) is -0.427. The van der Waals surface area contributed by atoms with Crippen molar-refractivity contribution in [2.45, 2.75) is 38.5 Å². The monoisotopic (exact) mass is 185 g/mol. The largest absolute Gasteiger partial charge is 0.359 e. The minimum Gasteiger partial charge on any atom is -0.359 e. The Balaban J connectivity index is 2.61. The molecule has 0 aromatic rings. The van der Waals surface area contributed by atoms with Crippen molar-refractivity contribution in [3.8, 4) is 0 Å². The van der Waals surface area contributed by atoms with Crippen molar-refractivity contribution in [2.75, 3.05) is 6.61 Å². The van der Waals surface area contributed by atoms with Gasteiger partial charge in [0.2, 0.25) is 5.78 Å². The fourth-order valence-corrected chi connectivity index (χ4v) is 1.54. The molecule has 1 aliphatic rings. The number of aldehydes is 1. The Labute approximate surface area is 77.6 Å². The van der Waals surface area contributed by atoms with E-state index in [0.717, 1.165) is 12.8 Å². The molecule has 1 atom stereocenters. The van der Waals surface area contributed by atoms with Gasteiger partial charge in [-0.2, -0.15) is 0 Å². The van der Waals surface area contributed by atoms with Gasteiger partial charge in [-0.25, -0.2) is 0 Å². The summed E-state index contributed by atoms with van der Waals surface area (Å²) in [6, 6.07) is -0.447. The van der Waals surface area contributed by atoms with E-state index in [1.807, 2.05) is 13.8 Å². The molecule has 4 nitrogen and oxygen atoms in total. The highest BCUT2D eigenvalue weighted by atomic mass is 16.5. The second-order valence-electron chi connectivity index (χ2n) is 3.23. The summed E-state index contributed by atoms with van der Waals surface area (Å²) in [7, 11) is 0. The van der Waals surface area contributed by atoms with E-state index in [2.05, 4.69) is 5.32 Å². The van der Waals surface area contributed by atoms with Gasteiger partial charge in [-0.1, -0.05) is 13.8 Å². The number of ketones is 1. The zero-order valence-corrected chi connectivity index (χ0v) is 8.00. The fraction of sp³-hybridized carbons (Fsp3) is 0.778. The smallest absolute Gasteiger partial charge is 0.214 e. The van der Waals surface area contributed by atoms with Crippen LogP contribution in [0.1, 0.15) is 26.7 Å². The van der Waals surface area contributed by atoms with Gasteiger partial charge in [-0.3, -0.25) is 14.9 Å². The molecule has 0 amide bonds. The molecule has 1 saturated heterocycles. The number of rotatable bonds is 4. The topological polar surface area (TPSA) is 55.4 Å². The Morgan fingerprint density at radius 1 is 1.62 bits per heavy atom. The predicted molar refractivity (Wildman–Crippen MR) is 47.3 cm³/mol. The minimum absolute atomic E-state index is 0.305. The molecule has 0 spiro atoms. The average Bonchev–Trinajstić information content (AvgIpc) is 2.61. The van der Waals surface area contributed by atoms with E-state index in [0.29, 0.717) is 12.9 Å². The van der Waals surface area contributed by atoms with Crippen LogP contribution in [0.4, 0.5) is 0 Å². The third-order valence-electron chi connectivity index (χ3n) is 2.57. The van der Waals surface area contributed by atoms with Gasteiger partial charge in [0.15, 0.2) is 6.29 Å². The Morgan fingerprint density at radius 3 is 2.62 bits per heavy atom. The van der Waals surface area contributed by atoms with Crippen LogP contribution in [0.25, 0.3) is 0 Å². The zero-order chi connectivity index (χ0) is 9.90. The SMILES string of the molecule is CCC1(CC)NC(C(=O)C=O)CO1. The van der Waals surface area contributed by atoms with Gasteiger partial charge in [0.1, 0.15) is 5.72 Å². The van der Waals surface area contributed by atoms with Crippen molar-refractivity contribution in [1.29, 1.82) is 0 Å². The molecule has 4 heteroatoms. The summed E-state index contributed by atoms with van der Waals surface area (Å²) in [4.78, 5) is 21.3. The molecule has 0 radical (unpaired) electrons. The van der Waals surface area contributed by atoms with Crippen LogP contribution in [0, 0.1) is 0 Å². The van der Waals surface area contributed by atoms with Gasteiger partial charge in [0, 0.05) is 0 Å². The van der Waals surface area contributed by atoms with E-state index < -0.39 is 17.6 Å². The molecule has 0 aliphatic carbocycles. The lowest BCUT2D eigenvalue weighted by molar-refractivity contribution is -0.131. The van der Waals surface area contributed by atoms with E-state index in [4.69, 9.17) is 4.74 Å². The van der Waals surface area contributed by atoms with Gasteiger partial charge in [0.25, 0.3) is 0 Å². The van der Waals surface area contributed by atoms with Crippen molar-refractivity contribution in [3.63, 3.8) is 0 Å². The van der Waals surface area contributed by atoms with Crippen molar-refractivity contribution in [3.05, 3.63) is 0 Å². The number of carbonyl (C=O) groups excluding carboxylic acids is 2. The number of carbonyl (C=O) groups is 2. The van der Waals surface area contributed by atoms with Gasteiger partial charge < -0.3 is 4.74 Å². The van der Waals surface area contributed by atoms with Gasteiger partial charge in [0.05, 0.1) is 12.6 Å². The number of nitrogens with one attached hydrogen (secondary N) is 1. The first kappa shape index (κ1) is 10.3. The van der Waals surface area contributed by atoms with E-state index in [1.54, 1.807) is 0 Å². The maximum atomic E-state index is 11.0. The molecule has 1 fully saturated rings. The summed E-state index contributed by atoms with van der Waals surface area (Å²) >= 11 is 0. The highest BCUT2D eigenvalue weighted by Crippen LogP contribution is 2.23. The second kappa shape index (κ2) is 3.98. The van der Waals surface area contributed by atoms with E-state index >= 15 is 0 Å². The molecular weight excluding hydrogens is 170 g/mol. The summed E-state index contributed by atoms with van der Waals surface area (Å²) < 4.78 is 5.48. The molecule has 0 saturated carbocycles. The Bertz CT molecular complexity index is 211. The van der Waals surface area contributed by atoms with Crippen molar-refractivity contribution in [2.24, 2.45) is 0 Å². The highest BCUT2D eigenvalue weighted by Gasteiger charge is 2.39. The van der Waals surface area contributed by atoms with Crippen LogP contribution >= 0.6 is 0 Å². The molecular formula is C9H15NO3. The first-order valence-corrected chi connectivity index (χ1v) is 4.58. The van der Waals surface area contributed by atoms with Crippen LogP contribution in [0.3, 0.4) is 0 Å². The summed E-state index contributed by atoms with van der Waals surface area (Å²) in [6.45, 7) is 4.29. The van der Waals surface area contributed by atoms with Crippen molar-refractivity contribution < 1.29 is 14.3 Å². The second-order valence-corrected chi connectivity index (χ2v) is 3.23. The maximum Gasteiger partial charge on any atom is 0.214 e. The predicted octanol–water partition coefficient (Wildman–Crippen LogP) is 0.259. The number of hydrogen-bond acceptors (Lipinski definition) is 4. The van der Waals surface area contributed by atoms with Gasteiger partial charge in [-0.05, 0) is 12.8 Å². The summed E-state index contributed by atoms with van der Waals surface area (Å²) in [5, 5.41) is 3.05. The Kier molecular flexibility index (Phi) is 3.17. The Hall–Kier alpha value is -0.740. The quantitative estimate of drug-likeness (QED) is 0.504. The Morgan fingerprint density at radius 2 is 2.23 bits per heavy atom. The molecule has 74 valence electrons. The molecule has 0 bridgehead atoms. The van der Waals surface area contributed by atoms with Crippen molar-refractivity contribution >= 4 is 12.1 Å². The van der Waals surface area contributed by atoms with Gasteiger partial charge in [-0.15, -0.1) is 0 Å². The lowest BCUT2D eigenvalue weighted by atomic mass is 10.1. The molecule has 1 unspecified atom stereocenters. The lowest BCUT2D eigenvalue weighted by Crippen LogP contribution is -2.46. The molecule has 1 aliphatic heterocycles. The summed E-state index contributed by atoms with van der Waals surface area (Å²) in [6.07, 6.45) is 1.95. The standard InChI is InChI=1S/C9H15NO3/c1-3-9(4-2)10-7(6-13-9)8(12)5-11/h5,7,10H,3-4,6H2,1-2H3. The van der Waals surface area contributed by atoms with Crippen LogP contribution in [-0.4, -0.2) is 30.4 Å². The van der Waals surface area contributed by atoms with Crippen LogP contribution in [0.5, 0.6) is 0 Å². The fourth-order valence-electron chi connectivity index (χ4n) is 1.54. The van der Waals surface area contributed by atoms with Crippen LogP contribution in [0.15, 0.2) is 0 Å². The van der Waals surface area contributed by atoms with Crippen LogP contribution in [0.2, 0.25) is 0 Å². The molecule has 0 aromatic heterocycles. The molecule has 1 rings (SSSR count). The molecule has 1 heterocycles.